The molecule has 0 radical (unpaired) electrons. The second-order valence-electron chi connectivity index (χ2n) is 4.14. The minimum atomic E-state index is -4.12. The first kappa shape index (κ1) is 17.3. The van der Waals surface area contributed by atoms with Crippen LogP contribution in [0.3, 0.4) is 0 Å². The topological polar surface area (TPSA) is 123 Å². The third-order valence-corrected chi connectivity index (χ3v) is 4.79. The lowest BCUT2D eigenvalue weighted by Crippen LogP contribution is -2.56. The summed E-state index contributed by atoms with van der Waals surface area (Å²) in [4.78, 5) is 14.9. The van der Waals surface area contributed by atoms with Crippen LogP contribution >= 0.6 is 12.4 Å². The van der Waals surface area contributed by atoms with Crippen molar-refractivity contribution in [1.29, 1.82) is 5.26 Å². The lowest BCUT2D eigenvalue weighted by Gasteiger charge is -2.32. The number of nitrogens with one attached hydrogen (secondary N) is 1. The Balaban J connectivity index is 0.00000220. The van der Waals surface area contributed by atoms with Crippen molar-refractivity contribution in [2.75, 3.05) is 19.6 Å². The molecule has 114 valence electrons. The van der Waals surface area contributed by atoms with Crippen molar-refractivity contribution in [2.45, 2.75) is 11.1 Å². The normalized spacial score (nSPS) is 19.3. The minimum absolute atomic E-state index is 0. The van der Waals surface area contributed by atoms with Crippen LogP contribution in [0.5, 0.6) is 0 Å². The van der Waals surface area contributed by atoms with Crippen LogP contribution in [0.4, 0.5) is 0 Å². The van der Waals surface area contributed by atoms with Gasteiger partial charge in [-0.25, -0.2) is 13.4 Å². The number of nitrogens with zero attached hydrogens (tertiary/aromatic N) is 3. The Bertz CT molecular complexity index is 673. The highest BCUT2D eigenvalue weighted by Crippen LogP contribution is 2.20. The maximum atomic E-state index is 12.5. The summed E-state index contributed by atoms with van der Waals surface area (Å²) in [6.45, 7) is 0.377. The highest BCUT2D eigenvalue weighted by atomic mass is 35.5. The Hall–Kier alpha value is -1.73. The Kier molecular flexibility index (Phi) is 5.62. The summed E-state index contributed by atoms with van der Waals surface area (Å²) < 4.78 is 25.9. The van der Waals surface area contributed by atoms with Gasteiger partial charge >= 0.3 is 5.97 Å². The number of piperazine rings is 1. The van der Waals surface area contributed by atoms with Crippen molar-refractivity contribution in [3.05, 3.63) is 23.9 Å². The largest absolute Gasteiger partial charge is 0.480 e. The van der Waals surface area contributed by atoms with Gasteiger partial charge in [0.1, 0.15) is 12.1 Å². The Labute approximate surface area is 127 Å². The molecule has 1 atom stereocenters. The van der Waals surface area contributed by atoms with E-state index in [1.165, 1.54) is 18.3 Å². The summed E-state index contributed by atoms with van der Waals surface area (Å²) in [6.07, 6.45) is 1.26. The van der Waals surface area contributed by atoms with Gasteiger partial charge in [0.05, 0.1) is 5.56 Å². The number of nitriles is 1. The van der Waals surface area contributed by atoms with Gasteiger partial charge < -0.3 is 10.4 Å². The Morgan fingerprint density at radius 3 is 2.90 bits per heavy atom. The van der Waals surface area contributed by atoms with Gasteiger partial charge in [0.2, 0.25) is 0 Å². The van der Waals surface area contributed by atoms with E-state index in [0.717, 1.165) is 4.31 Å². The van der Waals surface area contributed by atoms with E-state index in [2.05, 4.69) is 10.3 Å². The van der Waals surface area contributed by atoms with Crippen LogP contribution < -0.4 is 5.32 Å². The van der Waals surface area contributed by atoms with Crippen molar-refractivity contribution in [3.63, 3.8) is 0 Å². The summed E-state index contributed by atoms with van der Waals surface area (Å²) in [7, 11) is -4.12. The Morgan fingerprint density at radius 1 is 1.57 bits per heavy atom. The number of aliphatic carboxylic acids is 1. The number of aromatic nitrogens is 1. The van der Waals surface area contributed by atoms with Crippen LogP contribution in [0.15, 0.2) is 23.4 Å². The molecular weight excluding hydrogens is 320 g/mol. The second kappa shape index (κ2) is 6.82. The van der Waals surface area contributed by atoms with E-state index in [0.29, 0.717) is 6.54 Å². The average molecular weight is 333 g/mol. The lowest BCUT2D eigenvalue weighted by molar-refractivity contribution is -0.141. The van der Waals surface area contributed by atoms with E-state index >= 15 is 0 Å². The molecule has 0 bridgehead atoms. The van der Waals surface area contributed by atoms with E-state index in [1.54, 1.807) is 6.07 Å². The fourth-order valence-corrected chi connectivity index (χ4v) is 3.62. The molecule has 0 saturated carbocycles. The fraction of sp³-hybridized carbons (Fsp3) is 0.364. The highest BCUT2D eigenvalue weighted by Gasteiger charge is 2.39. The molecule has 2 heterocycles. The molecule has 1 fully saturated rings. The van der Waals surface area contributed by atoms with Gasteiger partial charge in [-0.3, -0.25) is 4.79 Å². The number of rotatable bonds is 3. The van der Waals surface area contributed by atoms with E-state index < -0.39 is 27.1 Å². The van der Waals surface area contributed by atoms with E-state index in [4.69, 9.17) is 10.4 Å². The van der Waals surface area contributed by atoms with Crippen LogP contribution in [0.25, 0.3) is 0 Å². The number of halogens is 1. The number of carboxylic acids is 1. The molecule has 1 aromatic heterocycles. The SMILES string of the molecule is Cl.N#Cc1cccnc1S(=O)(=O)N1CCNCC1C(=O)O. The van der Waals surface area contributed by atoms with E-state index in [1.807, 2.05) is 0 Å². The van der Waals surface area contributed by atoms with Crippen molar-refractivity contribution in [2.24, 2.45) is 0 Å². The van der Waals surface area contributed by atoms with Crippen molar-refractivity contribution in [3.8, 4) is 6.07 Å². The predicted octanol–water partition coefficient (Wildman–Crippen LogP) is -0.578. The molecule has 0 aliphatic carbocycles. The smallest absolute Gasteiger partial charge is 0.323 e. The summed E-state index contributed by atoms with van der Waals surface area (Å²) in [5.74, 6) is -1.24. The molecule has 10 heteroatoms. The minimum Gasteiger partial charge on any atom is -0.480 e. The maximum Gasteiger partial charge on any atom is 0.323 e. The predicted molar refractivity (Wildman–Crippen MR) is 74.4 cm³/mol. The molecule has 0 spiro atoms. The number of sulfonamides is 1. The summed E-state index contributed by atoms with van der Waals surface area (Å²) in [5.41, 5.74) is -0.102. The molecule has 1 aromatic rings. The Morgan fingerprint density at radius 2 is 2.29 bits per heavy atom. The van der Waals surface area contributed by atoms with Crippen molar-refractivity contribution in [1.82, 2.24) is 14.6 Å². The number of carboxylic acid groups (broad SMARTS) is 1. The molecule has 21 heavy (non-hydrogen) atoms. The molecule has 8 nitrogen and oxygen atoms in total. The highest BCUT2D eigenvalue weighted by molar-refractivity contribution is 7.89. The van der Waals surface area contributed by atoms with E-state index in [9.17, 15) is 13.2 Å². The quantitative estimate of drug-likeness (QED) is 0.759. The lowest BCUT2D eigenvalue weighted by atomic mass is 10.2. The van der Waals surface area contributed by atoms with Crippen LogP contribution in [0.2, 0.25) is 0 Å². The zero-order valence-corrected chi connectivity index (χ0v) is 12.4. The fourth-order valence-electron chi connectivity index (χ4n) is 1.98. The average Bonchev–Trinajstić information content (AvgIpc) is 2.47. The van der Waals surface area contributed by atoms with Crippen molar-refractivity contribution >= 4 is 28.4 Å². The number of hydrogen-bond acceptors (Lipinski definition) is 6. The van der Waals surface area contributed by atoms with Gasteiger partial charge in [0.25, 0.3) is 10.0 Å². The van der Waals surface area contributed by atoms with E-state index in [-0.39, 0.29) is 31.1 Å². The van der Waals surface area contributed by atoms with Gasteiger partial charge in [-0.15, -0.1) is 12.4 Å². The molecule has 1 unspecified atom stereocenters. The first-order valence-corrected chi connectivity index (χ1v) is 7.23. The van der Waals surface area contributed by atoms with Crippen LogP contribution in [0, 0.1) is 11.3 Å². The number of pyridine rings is 1. The summed E-state index contributed by atoms with van der Waals surface area (Å²) in [6, 6.07) is 3.33. The third-order valence-electron chi connectivity index (χ3n) is 2.92. The van der Waals surface area contributed by atoms with Gasteiger partial charge in [-0.1, -0.05) is 0 Å². The molecule has 2 N–H and O–H groups in total. The number of carbonyl (C=O) groups is 1. The second-order valence-corrected chi connectivity index (χ2v) is 5.95. The molecular formula is C11H13ClN4O4S. The van der Waals surface area contributed by atoms with Gasteiger partial charge in [-0.2, -0.15) is 9.57 Å². The van der Waals surface area contributed by atoms with Crippen LogP contribution in [-0.4, -0.2) is 54.5 Å². The summed E-state index contributed by atoms with van der Waals surface area (Å²) in [5, 5.41) is 20.5. The van der Waals surface area contributed by atoms with Gasteiger partial charge in [0, 0.05) is 25.8 Å². The molecule has 0 amide bonds. The molecule has 0 aromatic carbocycles. The van der Waals surface area contributed by atoms with Crippen LogP contribution in [-0.2, 0) is 14.8 Å². The van der Waals surface area contributed by atoms with Crippen molar-refractivity contribution < 1.29 is 18.3 Å². The molecule has 2 rings (SSSR count). The molecule has 1 saturated heterocycles. The summed E-state index contributed by atoms with van der Waals surface area (Å²) >= 11 is 0. The zero-order chi connectivity index (χ0) is 14.8. The monoisotopic (exact) mass is 332 g/mol. The first-order valence-electron chi connectivity index (χ1n) is 5.79. The third kappa shape index (κ3) is 3.30. The van der Waals surface area contributed by atoms with Crippen LogP contribution in [0.1, 0.15) is 5.56 Å². The zero-order valence-electron chi connectivity index (χ0n) is 10.8. The molecule has 1 aliphatic heterocycles. The van der Waals surface area contributed by atoms with Gasteiger partial charge in [-0.05, 0) is 12.1 Å². The maximum absolute atomic E-state index is 12.5. The number of hydrogen-bond donors (Lipinski definition) is 2. The van der Waals surface area contributed by atoms with Gasteiger partial charge in [0.15, 0.2) is 5.03 Å². The molecule has 1 aliphatic rings. The first-order chi connectivity index (χ1) is 9.48. The standard InChI is InChI=1S/C11H12N4O4S.ClH/c12-6-8-2-1-3-14-10(8)20(18,19)15-5-4-13-7-9(15)11(16)17;/h1-3,9,13H,4-5,7H2,(H,16,17);1H.